The number of anilines is 1. The average molecular weight is 285 g/mol. The molecule has 9 nitrogen and oxygen atoms in total. The maximum absolute atomic E-state index is 11.8. The predicted molar refractivity (Wildman–Crippen MR) is 72.7 cm³/mol. The summed E-state index contributed by atoms with van der Waals surface area (Å²) in [4.78, 5) is 35.0. The van der Waals surface area contributed by atoms with Crippen LogP contribution < -0.4 is 21.9 Å². The first kappa shape index (κ1) is 15.9. The predicted octanol–water partition coefficient (Wildman–Crippen LogP) is -1.96. The number of rotatable bonds is 6. The highest BCUT2D eigenvalue weighted by molar-refractivity contribution is 5.83. The smallest absolute Gasteiger partial charge is 0.346 e. The zero-order chi connectivity index (χ0) is 15.3. The van der Waals surface area contributed by atoms with Gasteiger partial charge in [-0.1, -0.05) is 0 Å². The third-order valence-corrected chi connectivity index (χ3v) is 2.67. The summed E-state index contributed by atoms with van der Waals surface area (Å²) >= 11 is 0. The molecule has 112 valence electrons. The Labute approximate surface area is 115 Å². The van der Waals surface area contributed by atoms with Gasteiger partial charge in [0.1, 0.15) is 6.04 Å². The molecule has 0 aliphatic rings. The van der Waals surface area contributed by atoms with Gasteiger partial charge in [0.15, 0.2) is 0 Å². The summed E-state index contributed by atoms with van der Waals surface area (Å²) in [7, 11) is 4.31. The Bertz CT molecular complexity index is 591. The zero-order valence-electron chi connectivity index (χ0n) is 12.0. The minimum Gasteiger partial charge on any atom is -0.383 e. The molecule has 0 aliphatic carbocycles. The molecule has 1 rings (SSSR count). The highest BCUT2D eigenvalue weighted by atomic mass is 16.5. The maximum atomic E-state index is 11.8. The second-order valence-corrected chi connectivity index (χ2v) is 4.27. The number of nitrogens with zero attached hydrogens (tertiary/aromatic N) is 3. The molecule has 20 heavy (non-hydrogen) atoms. The van der Waals surface area contributed by atoms with Crippen molar-refractivity contribution in [3.63, 3.8) is 0 Å². The van der Waals surface area contributed by atoms with E-state index in [0.717, 1.165) is 9.25 Å². The lowest BCUT2D eigenvalue weighted by atomic mass is 10.3. The number of ether oxygens (including phenoxy) is 1. The summed E-state index contributed by atoms with van der Waals surface area (Å²) in [5.74, 6) is -0.344. The van der Waals surface area contributed by atoms with Crippen LogP contribution in [0.1, 0.15) is 6.92 Å². The van der Waals surface area contributed by atoms with Gasteiger partial charge in [-0.15, -0.1) is 5.10 Å². The summed E-state index contributed by atoms with van der Waals surface area (Å²) in [6.45, 7) is 2.37. The van der Waals surface area contributed by atoms with Crippen molar-refractivity contribution in [1.82, 2.24) is 19.7 Å². The average Bonchev–Trinajstić information content (AvgIpc) is 2.42. The van der Waals surface area contributed by atoms with Gasteiger partial charge in [-0.2, -0.15) is 0 Å². The second-order valence-electron chi connectivity index (χ2n) is 4.27. The lowest BCUT2D eigenvalue weighted by Gasteiger charge is -2.14. The van der Waals surface area contributed by atoms with Crippen LogP contribution in [0.25, 0.3) is 0 Å². The second kappa shape index (κ2) is 6.85. The van der Waals surface area contributed by atoms with Gasteiger partial charge in [-0.25, -0.2) is 9.48 Å². The molecule has 9 heteroatoms. The van der Waals surface area contributed by atoms with Crippen molar-refractivity contribution in [3.05, 3.63) is 20.8 Å². The molecule has 2 N–H and O–H groups in total. The highest BCUT2D eigenvalue weighted by Gasteiger charge is 2.16. The Balaban J connectivity index is 2.81. The monoisotopic (exact) mass is 285 g/mol. The van der Waals surface area contributed by atoms with Crippen LogP contribution in [0.4, 0.5) is 5.82 Å². The number of carbonyl (C=O) groups is 1. The first-order chi connectivity index (χ1) is 9.38. The van der Waals surface area contributed by atoms with E-state index in [2.05, 4.69) is 15.7 Å². The molecular formula is C11H19N5O4. The minimum atomic E-state index is -0.662. The summed E-state index contributed by atoms with van der Waals surface area (Å²) in [6.07, 6.45) is 0. The Morgan fingerprint density at radius 1 is 1.40 bits per heavy atom. The van der Waals surface area contributed by atoms with Crippen LogP contribution in [-0.4, -0.2) is 46.6 Å². The third kappa shape index (κ3) is 3.67. The fourth-order valence-corrected chi connectivity index (χ4v) is 1.49. The van der Waals surface area contributed by atoms with Crippen molar-refractivity contribution in [1.29, 1.82) is 0 Å². The standard InChI is InChI=1S/C11H19N5O4/c1-7(9(17)12-5-6-20-4)13-8-10(18)15(2)11(19)16(3)14-8/h7H,5-6H2,1-4H3,(H,12,17)(H,13,14). The van der Waals surface area contributed by atoms with E-state index in [1.165, 1.54) is 21.2 Å². The molecule has 0 spiro atoms. The van der Waals surface area contributed by atoms with Gasteiger partial charge in [0.05, 0.1) is 6.61 Å². The molecule has 0 radical (unpaired) electrons. The van der Waals surface area contributed by atoms with E-state index in [0.29, 0.717) is 13.2 Å². The number of amides is 1. The van der Waals surface area contributed by atoms with E-state index in [9.17, 15) is 14.4 Å². The van der Waals surface area contributed by atoms with Crippen molar-refractivity contribution in [2.45, 2.75) is 13.0 Å². The van der Waals surface area contributed by atoms with Gasteiger partial charge in [0.2, 0.25) is 11.7 Å². The molecule has 0 aromatic carbocycles. The number of aromatic nitrogens is 3. The summed E-state index contributed by atoms with van der Waals surface area (Å²) in [5, 5.41) is 9.13. The van der Waals surface area contributed by atoms with Crippen LogP contribution in [0.2, 0.25) is 0 Å². The molecule has 0 bridgehead atoms. The van der Waals surface area contributed by atoms with Gasteiger partial charge in [0.25, 0.3) is 5.56 Å². The van der Waals surface area contributed by atoms with Crippen LogP contribution in [-0.2, 0) is 23.6 Å². The van der Waals surface area contributed by atoms with Crippen LogP contribution in [0.15, 0.2) is 9.59 Å². The normalized spacial score (nSPS) is 12.0. The van der Waals surface area contributed by atoms with Crippen LogP contribution >= 0.6 is 0 Å². The van der Waals surface area contributed by atoms with E-state index in [1.54, 1.807) is 6.92 Å². The molecule has 0 saturated heterocycles. The topological polar surface area (TPSA) is 107 Å². The van der Waals surface area contributed by atoms with E-state index < -0.39 is 17.3 Å². The molecule has 0 aliphatic heterocycles. The number of hydrogen-bond donors (Lipinski definition) is 2. The molecule has 1 heterocycles. The molecule has 0 fully saturated rings. The van der Waals surface area contributed by atoms with Crippen molar-refractivity contribution in [2.75, 3.05) is 25.6 Å². The fraction of sp³-hybridized carbons (Fsp3) is 0.636. The number of methoxy groups -OCH3 is 1. The first-order valence-corrected chi connectivity index (χ1v) is 6.06. The van der Waals surface area contributed by atoms with Crippen molar-refractivity contribution in [3.8, 4) is 0 Å². The SMILES string of the molecule is COCCNC(=O)C(C)Nc1nn(C)c(=O)n(C)c1=O. The maximum Gasteiger partial charge on any atom is 0.346 e. The fourth-order valence-electron chi connectivity index (χ4n) is 1.49. The van der Waals surface area contributed by atoms with Gasteiger partial charge < -0.3 is 15.4 Å². The van der Waals surface area contributed by atoms with Crippen molar-refractivity contribution in [2.24, 2.45) is 14.1 Å². The first-order valence-electron chi connectivity index (χ1n) is 6.06. The Morgan fingerprint density at radius 2 is 2.05 bits per heavy atom. The zero-order valence-corrected chi connectivity index (χ0v) is 12.0. The summed E-state index contributed by atoms with van der Waals surface area (Å²) < 4.78 is 6.76. The molecule has 1 unspecified atom stereocenters. The van der Waals surface area contributed by atoms with Gasteiger partial charge >= 0.3 is 5.69 Å². The van der Waals surface area contributed by atoms with E-state index in [-0.39, 0.29) is 11.7 Å². The Morgan fingerprint density at radius 3 is 2.65 bits per heavy atom. The van der Waals surface area contributed by atoms with Gasteiger partial charge in [-0.05, 0) is 6.92 Å². The molecule has 1 amide bonds. The molecule has 1 aromatic rings. The number of aryl methyl sites for hydroxylation is 1. The molecular weight excluding hydrogens is 266 g/mol. The molecule has 0 saturated carbocycles. The van der Waals surface area contributed by atoms with Gasteiger partial charge in [0, 0.05) is 27.7 Å². The Hall–Kier alpha value is -2.16. The van der Waals surface area contributed by atoms with E-state index in [1.807, 2.05) is 0 Å². The quantitative estimate of drug-likeness (QED) is 0.588. The van der Waals surface area contributed by atoms with Gasteiger partial charge in [-0.3, -0.25) is 14.2 Å². The molecule has 1 atom stereocenters. The van der Waals surface area contributed by atoms with E-state index >= 15 is 0 Å². The lowest BCUT2D eigenvalue weighted by molar-refractivity contribution is -0.121. The van der Waals surface area contributed by atoms with Crippen LogP contribution in [0.3, 0.4) is 0 Å². The summed E-state index contributed by atoms with van der Waals surface area (Å²) in [5.41, 5.74) is -1.11. The minimum absolute atomic E-state index is 0.0519. The lowest BCUT2D eigenvalue weighted by Crippen LogP contribution is -2.44. The summed E-state index contributed by atoms with van der Waals surface area (Å²) in [6, 6.07) is -0.662. The van der Waals surface area contributed by atoms with E-state index in [4.69, 9.17) is 4.74 Å². The largest absolute Gasteiger partial charge is 0.383 e. The highest BCUT2D eigenvalue weighted by Crippen LogP contribution is 1.95. The third-order valence-electron chi connectivity index (χ3n) is 2.67. The van der Waals surface area contributed by atoms with Crippen molar-refractivity contribution >= 4 is 11.7 Å². The number of nitrogens with one attached hydrogen (secondary N) is 2. The van der Waals surface area contributed by atoms with Crippen molar-refractivity contribution < 1.29 is 9.53 Å². The molecule has 1 aromatic heterocycles. The Kier molecular flexibility index (Phi) is 5.44. The van der Waals surface area contributed by atoms with Crippen LogP contribution in [0, 0.1) is 0 Å². The number of hydrogen-bond acceptors (Lipinski definition) is 6. The van der Waals surface area contributed by atoms with Crippen LogP contribution in [0.5, 0.6) is 0 Å². The number of carbonyl (C=O) groups excluding carboxylic acids is 1.